The number of benzene rings is 1. The summed E-state index contributed by atoms with van der Waals surface area (Å²) in [5.41, 5.74) is 9.20. The molecule has 0 aromatic heterocycles. The van der Waals surface area contributed by atoms with E-state index in [4.69, 9.17) is 15.2 Å². The fraction of sp³-hybridized carbons (Fsp3) is 0.538. The lowest BCUT2D eigenvalue weighted by Crippen LogP contribution is -2.30. The second-order valence-corrected chi connectivity index (χ2v) is 4.90. The van der Waals surface area contributed by atoms with Crippen LogP contribution in [0.5, 0.6) is 11.5 Å². The van der Waals surface area contributed by atoms with Crippen molar-refractivity contribution < 1.29 is 9.47 Å². The number of ether oxygens (including phenoxy) is 2. The highest BCUT2D eigenvalue weighted by Crippen LogP contribution is 2.41. The minimum Gasteiger partial charge on any atom is -0.496 e. The number of nitrogens with two attached hydrogens (primary N) is 1. The van der Waals surface area contributed by atoms with E-state index < -0.39 is 5.54 Å². The minimum absolute atomic E-state index is 0.408. The fourth-order valence-electron chi connectivity index (χ4n) is 2.39. The maximum absolute atomic E-state index is 6.24. The van der Waals surface area contributed by atoms with E-state index in [1.165, 1.54) is 5.56 Å². The zero-order valence-electron chi connectivity index (χ0n) is 10.4. The zero-order chi connectivity index (χ0) is 11.9. The van der Waals surface area contributed by atoms with Crippen molar-refractivity contribution >= 4 is 0 Å². The van der Waals surface area contributed by atoms with Crippen molar-refractivity contribution in [1.29, 1.82) is 0 Å². The molecule has 1 aromatic carbocycles. The third-order valence-corrected chi connectivity index (χ3v) is 2.99. The topological polar surface area (TPSA) is 44.5 Å². The summed E-state index contributed by atoms with van der Waals surface area (Å²) in [6.45, 7) is 6.77. The molecule has 0 bridgehead atoms. The van der Waals surface area contributed by atoms with Crippen molar-refractivity contribution in [3.63, 3.8) is 0 Å². The van der Waals surface area contributed by atoms with Crippen LogP contribution in [0.3, 0.4) is 0 Å². The van der Waals surface area contributed by atoms with Crippen LogP contribution in [-0.2, 0) is 12.0 Å². The number of aryl methyl sites for hydroxylation is 1. The molecule has 0 radical (unpaired) electrons. The van der Waals surface area contributed by atoms with E-state index >= 15 is 0 Å². The van der Waals surface area contributed by atoms with Gasteiger partial charge in [0.1, 0.15) is 11.5 Å². The molecule has 0 saturated carbocycles. The number of hydrogen-bond donors (Lipinski definition) is 1. The van der Waals surface area contributed by atoms with Crippen molar-refractivity contribution in [3.05, 3.63) is 22.8 Å². The molecule has 0 amide bonds. The van der Waals surface area contributed by atoms with Gasteiger partial charge in [-0.15, -0.1) is 0 Å². The molecule has 0 saturated heterocycles. The Morgan fingerprint density at radius 2 is 2.12 bits per heavy atom. The lowest BCUT2D eigenvalue weighted by atomic mass is 9.87. The van der Waals surface area contributed by atoms with Crippen LogP contribution in [0.2, 0.25) is 0 Å². The number of hydrogen-bond acceptors (Lipinski definition) is 3. The molecule has 2 rings (SSSR count). The Morgan fingerprint density at radius 1 is 1.44 bits per heavy atom. The van der Waals surface area contributed by atoms with Crippen LogP contribution in [0.1, 0.15) is 30.5 Å². The smallest absolute Gasteiger partial charge is 0.127 e. The van der Waals surface area contributed by atoms with Gasteiger partial charge in [0.15, 0.2) is 0 Å². The summed E-state index contributed by atoms with van der Waals surface area (Å²) in [6, 6.07) is 2.04. The van der Waals surface area contributed by atoms with Crippen LogP contribution in [0.15, 0.2) is 6.07 Å². The van der Waals surface area contributed by atoms with Crippen molar-refractivity contribution in [3.8, 4) is 11.5 Å². The molecule has 16 heavy (non-hydrogen) atoms. The molecule has 0 fully saturated rings. The Hall–Kier alpha value is -1.22. The van der Waals surface area contributed by atoms with Gasteiger partial charge in [0.05, 0.1) is 13.7 Å². The highest BCUT2D eigenvalue weighted by molar-refractivity contribution is 5.57. The second kappa shape index (κ2) is 3.67. The lowest BCUT2D eigenvalue weighted by Gasteiger charge is -2.26. The summed E-state index contributed by atoms with van der Waals surface area (Å²) in [5.74, 6) is 1.86. The van der Waals surface area contributed by atoms with Gasteiger partial charge >= 0.3 is 0 Å². The van der Waals surface area contributed by atoms with Gasteiger partial charge < -0.3 is 15.2 Å². The number of methoxy groups -OCH3 is 1. The van der Waals surface area contributed by atoms with Gasteiger partial charge in [0.2, 0.25) is 0 Å². The lowest BCUT2D eigenvalue weighted by molar-refractivity contribution is 0.355. The van der Waals surface area contributed by atoms with Crippen molar-refractivity contribution in [2.45, 2.75) is 32.7 Å². The molecule has 3 nitrogen and oxygen atoms in total. The van der Waals surface area contributed by atoms with Gasteiger partial charge in [-0.1, -0.05) is 0 Å². The highest BCUT2D eigenvalue weighted by Gasteiger charge is 2.29. The molecule has 1 aliphatic heterocycles. The first kappa shape index (κ1) is 11.3. The Balaban J connectivity index is 2.72. The van der Waals surface area contributed by atoms with E-state index in [9.17, 15) is 0 Å². The van der Waals surface area contributed by atoms with Crippen LogP contribution in [0.4, 0.5) is 0 Å². The third kappa shape index (κ3) is 1.65. The normalized spacial score (nSPS) is 14.6. The van der Waals surface area contributed by atoms with Gasteiger partial charge in [-0.2, -0.15) is 0 Å². The highest BCUT2D eigenvalue weighted by atomic mass is 16.5. The fourth-order valence-corrected chi connectivity index (χ4v) is 2.39. The molecule has 0 aliphatic carbocycles. The molecule has 2 N–H and O–H groups in total. The van der Waals surface area contributed by atoms with Crippen LogP contribution < -0.4 is 15.2 Å². The zero-order valence-corrected chi connectivity index (χ0v) is 10.4. The van der Waals surface area contributed by atoms with Crippen molar-refractivity contribution in [2.24, 2.45) is 5.73 Å². The molecule has 88 valence electrons. The number of rotatable bonds is 2. The first-order chi connectivity index (χ1) is 7.45. The van der Waals surface area contributed by atoms with Crippen molar-refractivity contribution in [2.75, 3.05) is 13.7 Å². The van der Waals surface area contributed by atoms with Crippen molar-refractivity contribution in [1.82, 2.24) is 0 Å². The summed E-state index contributed by atoms with van der Waals surface area (Å²) in [5, 5.41) is 0. The maximum atomic E-state index is 6.24. The predicted octanol–water partition coefficient (Wildman–Crippen LogP) is 2.13. The molecule has 1 heterocycles. The molecule has 0 spiro atoms. The van der Waals surface area contributed by atoms with Crippen LogP contribution in [0.25, 0.3) is 0 Å². The molecule has 1 aromatic rings. The van der Waals surface area contributed by atoms with Gasteiger partial charge in [0.25, 0.3) is 0 Å². The summed E-state index contributed by atoms with van der Waals surface area (Å²) < 4.78 is 11.1. The SMILES string of the molecule is COc1c(C)cc2c(c1C(C)(C)N)CCO2. The Bertz CT molecular complexity index is 415. The second-order valence-electron chi connectivity index (χ2n) is 4.90. The van der Waals surface area contributed by atoms with Gasteiger partial charge in [-0.05, 0) is 32.4 Å². The summed E-state index contributed by atoms with van der Waals surface area (Å²) in [7, 11) is 1.69. The van der Waals surface area contributed by atoms with E-state index in [2.05, 4.69) is 0 Å². The first-order valence-corrected chi connectivity index (χ1v) is 5.57. The molecule has 1 aliphatic rings. The molecule has 0 atom stereocenters. The Morgan fingerprint density at radius 3 is 2.69 bits per heavy atom. The van der Waals surface area contributed by atoms with Crippen LogP contribution in [-0.4, -0.2) is 13.7 Å². The largest absolute Gasteiger partial charge is 0.496 e. The average molecular weight is 221 g/mol. The van der Waals surface area contributed by atoms with E-state index in [0.29, 0.717) is 0 Å². The van der Waals surface area contributed by atoms with Crippen LogP contribution in [0, 0.1) is 6.92 Å². The van der Waals surface area contributed by atoms with Crippen LogP contribution >= 0.6 is 0 Å². The molecule has 3 heteroatoms. The summed E-state index contributed by atoms with van der Waals surface area (Å²) >= 11 is 0. The predicted molar refractivity (Wildman–Crippen MR) is 64.1 cm³/mol. The third-order valence-electron chi connectivity index (χ3n) is 2.99. The van der Waals surface area contributed by atoms with E-state index in [0.717, 1.165) is 35.7 Å². The molecular formula is C13H19NO2. The first-order valence-electron chi connectivity index (χ1n) is 5.57. The summed E-state index contributed by atoms with van der Waals surface area (Å²) in [4.78, 5) is 0. The average Bonchev–Trinajstić information content (AvgIpc) is 2.60. The molecular weight excluding hydrogens is 202 g/mol. The van der Waals surface area contributed by atoms with Gasteiger partial charge in [-0.3, -0.25) is 0 Å². The Kier molecular flexibility index (Phi) is 2.58. The Labute approximate surface area is 96.5 Å². The summed E-state index contributed by atoms with van der Waals surface area (Å²) in [6.07, 6.45) is 0.919. The van der Waals surface area contributed by atoms with E-state index in [1.54, 1.807) is 7.11 Å². The quantitative estimate of drug-likeness (QED) is 0.832. The molecule has 0 unspecified atom stereocenters. The standard InChI is InChI=1S/C13H19NO2/c1-8-7-10-9(5-6-16-10)11(12(8)15-4)13(2,3)14/h7H,5-6,14H2,1-4H3. The van der Waals surface area contributed by atoms with E-state index in [-0.39, 0.29) is 0 Å². The number of fused-ring (bicyclic) bond motifs is 1. The van der Waals surface area contributed by atoms with E-state index in [1.807, 2.05) is 26.8 Å². The monoisotopic (exact) mass is 221 g/mol. The van der Waals surface area contributed by atoms with Gasteiger partial charge in [0, 0.05) is 23.1 Å². The maximum Gasteiger partial charge on any atom is 0.127 e. The minimum atomic E-state index is -0.408. The van der Waals surface area contributed by atoms with Gasteiger partial charge in [-0.25, -0.2) is 0 Å².